The van der Waals surface area contributed by atoms with Crippen molar-refractivity contribution in [2.75, 3.05) is 13.2 Å². The summed E-state index contributed by atoms with van der Waals surface area (Å²) in [6, 6.07) is 0. The lowest BCUT2D eigenvalue weighted by Gasteiger charge is -2.46. The maximum atomic E-state index is 13.8. The third-order valence-electron chi connectivity index (χ3n) is 13.9. The van der Waals surface area contributed by atoms with Crippen LogP contribution in [0.1, 0.15) is 234 Å². The lowest BCUT2D eigenvalue weighted by molar-refractivity contribution is -0.777. The summed E-state index contributed by atoms with van der Waals surface area (Å²) >= 11 is -0.00321. The van der Waals surface area contributed by atoms with Crippen LogP contribution in [0, 0.1) is 5.92 Å². The molecule has 16 nitrogen and oxygen atoms in total. The van der Waals surface area contributed by atoms with E-state index in [2.05, 4.69) is 36.2 Å². The van der Waals surface area contributed by atoms with Crippen LogP contribution in [-0.2, 0) is 46.8 Å². The van der Waals surface area contributed by atoms with Gasteiger partial charge in [-0.15, -0.1) is 4.33 Å². The van der Waals surface area contributed by atoms with Crippen LogP contribution in [0.25, 0.3) is 0 Å². The minimum atomic E-state index is -1.79. The quantitative estimate of drug-likeness (QED) is 0.00726. The second-order valence-corrected chi connectivity index (χ2v) is 20.9. The number of aliphatic hydroxyl groups excluding tert-OH is 5. The zero-order valence-corrected chi connectivity index (χ0v) is 45.8. The molecule has 2 fully saturated rings. The lowest BCUT2D eigenvalue weighted by atomic mass is 9.97. The maximum absolute atomic E-state index is 13.8. The van der Waals surface area contributed by atoms with Crippen molar-refractivity contribution in [3.63, 3.8) is 0 Å². The number of hydrogen-bond donors (Lipinski definition) is 5. The van der Waals surface area contributed by atoms with Gasteiger partial charge in [0.25, 0.3) is 0 Å². The molecule has 2 saturated heterocycles. The van der Waals surface area contributed by atoms with E-state index in [-0.39, 0.29) is 30.2 Å². The Morgan fingerprint density at radius 3 is 1.47 bits per heavy atom. The van der Waals surface area contributed by atoms with Crippen molar-refractivity contribution in [1.29, 1.82) is 0 Å². The monoisotopic (exact) mass is 1050 g/mol. The van der Waals surface area contributed by atoms with Gasteiger partial charge in [0, 0.05) is 12.0 Å². The van der Waals surface area contributed by atoms with Crippen LogP contribution in [0.5, 0.6) is 0 Å². The van der Waals surface area contributed by atoms with Crippen molar-refractivity contribution in [1.82, 2.24) is 0 Å². The fourth-order valence-electron chi connectivity index (χ4n) is 9.59. The van der Waals surface area contributed by atoms with E-state index in [1.54, 1.807) is 13.0 Å². The Bertz CT molecular complexity index is 1420. The van der Waals surface area contributed by atoms with E-state index < -0.39 is 86.6 Å². The lowest BCUT2D eigenvalue weighted by Crippen LogP contribution is -2.65. The van der Waals surface area contributed by atoms with Gasteiger partial charge in [0.1, 0.15) is 30.5 Å². The first-order valence-corrected chi connectivity index (χ1v) is 28.9. The van der Waals surface area contributed by atoms with Gasteiger partial charge < -0.3 is 54.5 Å². The minimum Gasteiger partial charge on any atom is -0.691 e. The number of rotatable bonds is 44. The average molecular weight is 1050 g/mol. The Kier molecular flexibility index (Phi) is 39.1. The van der Waals surface area contributed by atoms with Crippen LogP contribution in [0.15, 0.2) is 23.3 Å². The molecule has 11 atom stereocenters. The molecule has 0 aromatic rings. The van der Waals surface area contributed by atoms with Crippen molar-refractivity contribution in [2.24, 2.45) is 5.92 Å². The Labute approximate surface area is 437 Å². The molecule has 10 unspecified atom stereocenters. The first-order chi connectivity index (χ1) is 34.9. The highest BCUT2D eigenvalue weighted by atomic mass is 32.2. The molecule has 2 aliphatic rings. The van der Waals surface area contributed by atoms with E-state index in [1.807, 2.05) is 6.92 Å². The summed E-state index contributed by atoms with van der Waals surface area (Å²) in [6.07, 6.45) is 24.0. The predicted molar refractivity (Wildman–Crippen MR) is 276 cm³/mol. The Balaban J connectivity index is 2.05. The topological polar surface area (TPSA) is 232 Å². The number of carbonyl (C=O) groups is 2. The van der Waals surface area contributed by atoms with Gasteiger partial charge in [-0.2, -0.15) is 0 Å². The first-order valence-electron chi connectivity index (χ1n) is 28.2. The summed E-state index contributed by atoms with van der Waals surface area (Å²) in [4.78, 5) is 27.3. The van der Waals surface area contributed by atoms with Crippen molar-refractivity contribution in [3.05, 3.63) is 23.3 Å². The fraction of sp³-hybridized carbons (Fsp3) is 0.891. The van der Waals surface area contributed by atoms with Crippen LogP contribution in [0.2, 0.25) is 0 Å². The smallest absolute Gasteiger partial charge is 0.334 e. The summed E-state index contributed by atoms with van der Waals surface area (Å²) in [7, 11) is 0. The van der Waals surface area contributed by atoms with Gasteiger partial charge in [-0.25, -0.2) is 4.79 Å². The highest BCUT2D eigenvalue weighted by Gasteiger charge is 2.54. The van der Waals surface area contributed by atoms with Gasteiger partial charge in [0.2, 0.25) is 6.29 Å². The maximum Gasteiger partial charge on any atom is 0.334 e. The number of allylic oxidation sites excluding steroid dienone is 3. The van der Waals surface area contributed by atoms with Gasteiger partial charge in [-0.05, 0) is 38.7 Å². The van der Waals surface area contributed by atoms with Gasteiger partial charge in [-0.1, -0.05) is 212 Å². The zero-order chi connectivity index (χ0) is 52.8. The summed E-state index contributed by atoms with van der Waals surface area (Å²) < 4.78 is 38.9. The van der Waals surface area contributed by atoms with Gasteiger partial charge in [0.05, 0.1) is 13.2 Å². The predicted octanol–water partition coefficient (Wildman–Crippen LogP) is 10.2. The molecule has 17 heteroatoms. The number of unbranched alkanes of at least 4 members (excludes halogenated alkanes) is 27. The molecular formula is C55H99O16S-. The molecule has 0 spiro atoms. The molecule has 0 radical (unpaired) electrons. The van der Waals surface area contributed by atoms with E-state index in [0.717, 1.165) is 44.1 Å². The van der Waals surface area contributed by atoms with Crippen LogP contribution in [0.4, 0.5) is 0 Å². The fourth-order valence-corrected chi connectivity index (χ4v) is 9.94. The number of ether oxygens (including phenoxy) is 5. The second kappa shape index (κ2) is 42.4. The molecular weight excluding hydrogens is 949 g/mol. The summed E-state index contributed by atoms with van der Waals surface area (Å²) in [5, 5.41) is 67.0. The Hall–Kier alpha value is -1.71. The summed E-state index contributed by atoms with van der Waals surface area (Å²) in [5.41, 5.74) is 1.05. The Morgan fingerprint density at radius 1 is 0.583 bits per heavy atom. The molecule has 2 rings (SSSR count). The number of carbonyl (C=O) groups excluding carboxylic acids is 2. The van der Waals surface area contributed by atoms with Crippen molar-refractivity contribution >= 4 is 24.3 Å². The van der Waals surface area contributed by atoms with Crippen molar-refractivity contribution < 1.29 is 77.6 Å². The Morgan fingerprint density at radius 2 is 1.01 bits per heavy atom. The van der Waals surface area contributed by atoms with Gasteiger partial charge in [0.15, 0.2) is 36.9 Å². The van der Waals surface area contributed by atoms with E-state index in [0.29, 0.717) is 6.42 Å². The molecule has 0 aliphatic carbocycles. The molecule has 0 bridgehead atoms. The number of esters is 2. The largest absolute Gasteiger partial charge is 0.691 e. The van der Waals surface area contributed by atoms with E-state index in [1.165, 1.54) is 148 Å². The summed E-state index contributed by atoms with van der Waals surface area (Å²) in [5.74, 6) is -1.25. The zero-order valence-electron chi connectivity index (χ0n) is 45.0. The molecule has 0 amide bonds. The van der Waals surface area contributed by atoms with E-state index in [9.17, 15) is 40.4 Å². The highest BCUT2D eigenvalue weighted by Crippen LogP contribution is 2.34. The molecule has 5 N–H and O–H groups in total. The SMILES string of the molecule is CCCCCCCCCCCCCCCCCC[C@H](C)/C=C(C)/C=C(\C)C(=O)OC1C(O)C(CO)OC(OC2OC(CO)C(O)C(O)C2OSOO[O-])C1OC(=O)CCCCCCCCCCCCCCC. The standard InChI is InChI=1S/C55H100O16S/c1-6-8-10-12-14-16-18-20-21-22-24-25-27-29-31-33-35-41(3)37-42(4)38-43(5)53(62)67-50-48(60)45(40-57)65-55(68-54-51(69-72-71-70-63)49(61)47(59)44(39-56)64-54)52(50)66-46(58)36-34-32-30-28-26-23-19-17-15-13-11-9-7-2/h37-38,41,44-45,47-52,54-57,59-61,63H,6-36,39-40H2,1-5H3/p-1/b42-37+,43-38+/t41-,44?,45?,47?,48?,49?,50?,51?,52?,54?,55?/m0/s1. The molecule has 0 aromatic carbocycles. The molecule has 0 aromatic heterocycles. The molecule has 72 heavy (non-hydrogen) atoms. The minimum absolute atomic E-state index is 0.00321. The van der Waals surface area contributed by atoms with Crippen LogP contribution in [-0.4, -0.2) is 112 Å². The third-order valence-corrected chi connectivity index (χ3v) is 14.3. The van der Waals surface area contributed by atoms with Crippen molar-refractivity contribution in [2.45, 2.75) is 295 Å². The highest BCUT2D eigenvalue weighted by molar-refractivity contribution is 7.89. The molecule has 422 valence electrons. The van der Waals surface area contributed by atoms with Gasteiger partial charge in [-0.3, -0.25) is 14.0 Å². The average Bonchev–Trinajstić information content (AvgIpc) is 3.36. The molecule has 2 aliphatic heterocycles. The normalized spacial score (nSPS) is 25.4. The number of aliphatic hydroxyl groups is 5. The van der Waals surface area contributed by atoms with E-state index in [4.69, 9.17) is 27.9 Å². The summed E-state index contributed by atoms with van der Waals surface area (Å²) in [6.45, 7) is 8.56. The van der Waals surface area contributed by atoms with Crippen LogP contribution in [0.3, 0.4) is 0 Å². The first kappa shape index (κ1) is 66.4. The number of hydrogen-bond acceptors (Lipinski definition) is 17. The van der Waals surface area contributed by atoms with Crippen LogP contribution < -0.4 is 5.26 Å². The van der Waals surface area contributed by atoms with Gasteiger partial charge >= 0.3 is 11.9 Å². The third kappa shape index (κ3) is 28.4. The molecule has 2 heterocycles. The molecule has 0 saturated carbocycles. The van der Waals surface area contributed by atoms with Crippen LogP contribution >= 0.6 is 12.3 Å². The van der Waals surface area contributed by atoms with E-state index >= 15 is 0 Å². The van der Waals surface area contributed by atoms with Crippen molar-refractivity contribution in [3.8, 4) is 0 Å². The second-order valence-electron chi connectivity index (χ2n) is 20.4.